The average molecular weight is 502 g/mol. The maximum Gasteiger partial charge on any atom is 0.328 e. The normalized spacial score (nSPS) is 11.4. The van der Waals surface area contributed by atoms with Crippen LogP contribution in [0.15, 0.2) is 18.2 Å². The fourth-order valence-corrected chi connectivity index (χ4v) is 3.83. The number of benzene rings is 1. The van der Waals surface area contributed by atoms with Crippen LogP contribution in [0.5, 0.6) is 5.75 Å². The molecule has 0 fully saturated rings. The van der Waals surface area contributed by atoms with E-state index >= 15 is 0 Å². The number of halogens is 2. The number of unbranched alkanes of at least 4 members (excludes halogenated alkanes) is 13. The van der Waals surface area contributed by atoms with Crippen LogP contribution < -0.4 is 4.74 Å². The van der Waals surface area contributed by atoms with Gasteiger partial charge in [-0.25, -0.2) is 0 Å². The Balaban J connectivity index is 2.09. The van der Waals surface area contributed by atoms with Crippen molar-refractivity contribution < 1.29 is 19.1 Å². The van der Waals surface area contributed by atoms with E-state index in [1.807, 2.05) is 0 Å². The van der Waals surface area contributed by atoms with Gasteiger partial charge in [0.25, 0.3) is 0 Å². The standard InChI is InChI=1S/C27H42Cl2O4/c1-4-5-6-7-8-9-10-11-12-13-14-15-16-17-20-32-25(30)27(2,3)26(31)33-24-21-22(28)18-19-23(24)29/h18-19,21H,4-17,20H2,1-3H3. The number of hydrogen-bond donors (Lipinski definition) is 0. The highest BCUT2D eigenvalue weighted by Gasteiger charge is 2.40. The van der Waals surface area contributed by atoms with E-state index in [-0.39, 0.29) is 10.8 Å². The van der Waals surface area contributed by atoms with Gasteiger partial charge in [-0.15, -0.1) is 0 Å². The van der Waals surface area contributed by atoms with Crippen molar-refractivity contribution in [3.63, 3.8) is 0 Å². The lowest BCUT2D eigenvalue weighted by Crippen LogP contribution is -2.38. The van der Waals surface area contributed by atoms with Crippen LogP contribution >= 0.6 is 23.2 Å². The minimum Gasteiger partial charge on any atom is -0.465 e. The second-order valence-electron chi connectivity index (χ2n) is 9.32. The molecule has 0 atom stereocenters. The van der Waals surface area contributed by atoms with Crippen molar-refractivity contribution in [2.75, 3.05) is 6.61 Å². The van der Waals surface area contributed by atoms with Crippen LogP contribution in [0, 0.1) is 5.41 Å². The minimum absolute atomic E-state index is 0.127. The number of carbonyl (C=O) groups is 2. The number of carbonyl (C=O) groups excluding carboxylic acids is 2. The molecule has 0 saturated heterocycles. The van der Waals surface area contributed by atoms with Crippen LogP contribution in [0.2, 0.25) is 10.0 Å². The minimum atomic E-state index is -1.43. The quantitative estimate of drug-likeness (QED) is 0.0872. The third-order valence-electron chi connectivity index (χ3n) is 5.85. The molecule has 1 rings (SSSR count). The first kappa shape index (κ1) is 29.8. The Kier molecular flexibility index (Phi) is 15.5. The molecule has 0 aliphatic rings. The molecule has 0 aliphatic heterocycles. The van der Waals surface area contributed by atoms with E-state index in [0.717, 1.165) is 19.3 Å². The molecule has 0 N–H and O–H groups in total. The summed E-state index contributed by atoms with van der Waals surface area (Å²) in [5.74, 6) is -1.19. The zero-order valence-corrected chi connectivity index (χ0v) is 22.2. The van der Waals surface area contributed by atoms with Gasteiger partial charge < -0.3 is 9.47 Å². The number of rotatable bonds is 18. The predicted octanol–water partition coefficient (Wildman–Crippen LogP) is 8.95. The molecule has 4 nitrogen and oxygen atoms in total. The molecule has 6 heteroatoms. The first-order valence-corrected chi connectivity index (χ1v) is 13.4. The summed E-state index contributed by atoms with van der Waals surface area (Å²) in [6.07, 6.45) is 17.8. The van der Waals surface area contributed by atoms with Gasteiger partial charge in [0.1, 0.15) is 0 Å². The van der Waals surface area contributed by atoms with Crippen LogP contribution in [0.25, 0.3) is 0 Å². The Morgan fingerprint density at radius 1 is 0.758 bits per heavy atom. The third-order valence-corrected chi connectivity index (χ3v) is 6.39. The zero-order valence-electron chi connectivity index (χ0n) is 20.7. The maximum atomic E-state index is 12.5. The van der Waals surface area contributed by atoms with Crippen LogP contribution in [-0.2, 0) is 14.3 Å². The van der Waals surface area contributed by atoms with Gasteiger partial charge in [-0.05, 0) is 32.4 Å². The Bertz CT molecular complexity index is 703. The molecule has 0 amide bonds. The van der Waals surface area contributed by atoms with E-state index in [2.05, 4.69) is 6.92 Å². The van der Waals surface area contributed by atoms with Crippen molar-refractivity contribution in [3.8, 4) is 5.75 Å². The van der Waals surface area contributed by atoms with E-state index < -0.39 is 17.4 Å². The SMILES string of the molecule is CCCCCCCCCCCCCCCCOC(=O)C(C)(C)C(=O)Oc1cc(Cl)ccc1Cl. The summed E-state index contributed by atoms with van der Waals surface area (Å²) in [4.78, 5) is 24.9. The van der Waals surface area contributed by atoms with E-state index in [1.165, 1.54) is 96.6 Å². The molecule has 1 aromatic rings. The van der Waals surface area contributed by atoms with Gasteiger partial charge in [-0.2, -0.15) is 0 Å². The number of esters is 2. The topological polar surface area (TPSA) is 52.6 Å². The monoisotopic (exact) mass is 500 g/mol. The summed E-state index contributed by atoms with van der Waals surface area (Å²) in [7, 11) is 0. The highest BCUT2D eigenvalue weighted by molar-refractivity contribution is 6.34. The summed E-state index contributed by atoms with van der Waals surface area (Å²) < 4.78 is 10.6. The molecule has 0 bridgehead atoms. The molecular weight excluding hydrogens is 459 g/mol. The zero-order chi connectivity index (χ0) is 24.5. The third kappa shape index (κ3) is 12.7. The lowest BCUT2D eigenvalue weighted by molar-refractivity contribution is -0.164. The van der Waals surface area contributed by atoms with Crippen molar-refractivity contribution in [2.45, 2.75) is 111 Å². The van der Waals surface area contributed by atoms with Gasteiger partial charge in [-0.3, -0.25) is 9.59 Å². The van der Waals surface area contributed by atoms with Crippen molar-refractivity contribution in [1.29, 1.82) is 0 Å². The molecule has 0 heterocycles. The van der Waals surface area contributed by atoms with Crippen LogP contribution in [-0.4, -0.2) is 18.5 Å². The number of ether oxygens (including phenoxy) is 2. The van der Waals surface area contributed by atoms with E-state index in [1.54, 1.807) is 6.07 Å². The highest BCUT2D eigenvalue weighted by Crippen LogP contribution is 2.30. The lowest BCUT2D eigenvalue weighted by atomic mass is 9.94. The van der Waals surface area contributed by atoms with Crippen LogP contribution in [0.4, 0.5) is 0 Å². The second-order valence-corrected chi connectivity index (χ2v) is 10.2. The lowest BCUT2D eigenvalue weighted by Gasteiger charge is -2.21. The van der Waals surface area contributed by atoms with E-state index in [9.17, 15) is 9.59 Å². The van der Waals surface area contributed by atoms with Crippen molar-refractivity contribution >= 4 is 35.1 Å². The van der Waals surface area contributed by atoms with Gasteiger partial charge in [0.2, 0.25) is 0 Å². The smallest absolute Gasteiger partial charge is 0.328 e. The maximum absolute atomic E-state index is 12.5. The summed E-state index contributed by atoms with van der Waals surface area (Å²) in [6.45, 7) is 5.54. The molecule has 0 spiro atoms. The first-order chi connectivity index (χ1) is 15.8. The van der Waals surface area contributed by atoms with Gasteiger partial charge in [0, 0.05) is 11.1 Å². The van der Waals surface area contributed by atoms with Gasteiger partial charge in [0.05, 0.1) is 11.6 Å². The molecule has 0 unspecified atom stereocenters. The molecule has 33 heavy (non-hydrogen) atoms. The highest BCUT2D eigenvalue weighted by atomic mass is 35.5. The van der Waals surface area contributed by atoms with E-state index in [4.69, 9.17) is 32.7 Å². The second kappa shape index (κ2) is 17.2. The van der Waals surface area contributed by atoms with Gasteiger partial charge >= 0.3 is 11.9 Å². The largest absolute Gasteiger partial charge is 0.465 e. The first-order valence-electron chi connectivity index (χ1n) is 12.6. The molecule has 0 radical (unpaired) electrons. The molecular formula is C27H42Cl2O4. The number of hydrogen-bond acceptors (Lipinski definition) is 4. The molecule has 0 saturated carbocycles. The van der Waals surface area contributed by atoms with Crippen molar-refractivity contribution in [1.82, 2.24) is 0 Å². The Hall–Kier alpha value is -1.26. The van der Waals surface area contributed by atoms with Crippen molar-refractivity contribution in [3.05, 3.63) is 28.2 Å². The summed E-state index contributed by atoms with van der Waals surface area (Å²) in [5.41, 5.74) is -1.43. The summed E-state index contributed by atoms with van der Waals surface area (Å²) in [6, 6.07) is 4.57. The molecule has 1 aromatic carbocycles. The Morgan fingerprint density at radius 3 is 1.76 bits per heavy atom. The summed E-state index contributed by atoms with van der Waals surface area (Å²) >= 11 is 11.9. The fraction of sp³-hybridized carbons (Fsp3) is 0.704. The fourth-order valence-electron chi connectivity index (χ4n) is 3.51. The van der Waals surface area contributed by atoms with Crippen LogP contribution in [0.1, 0.15) is 111 Å². The van der Waals surface area contributed by atoms with Crippen LogP contribution in [0.3, 0.4) is 0 Å². The Morgan fingerprint density at radius 2 is 1.24 bits per heavy atom. The molecule has 188 valence electrons. The molecule has 0 aliphatic carbocycles. The molecule has 0 aromatic heterocycles. The van der Waals surface area contributed by atoms with E-state index in [0.29, 0.717) is 11.6 Å². The average Bonchev–Trinajstić information content (AvgIpc) is 2.78. The summed E-state index contributed by atoms with van der Waals surface area (Å²) in [5, 5.41) is 0.639. The Labute approximate surface area is 210 Å². The van der Waals surface area contributed by atoms with Gasteiger partial charge in [-0.1, -0.05) is 114 Å². The van der Waals surface area contributed by atoms with Gasteiger partial charge in [0.15, 0.2) is 11.2 Å². The van der Waals surface area contributed by atoms with Crippen molar-refractivity contribution in [2.24, 2.45) is 5.41 Å². The predicted molar refractivity (Wildman–Crippen MR) is 137 cm³/mol.